The monoisotopic (exact) mass is 289 g/mol. The summed E-state index contributed by atoms with van der Waals surface area (Å²) in [6.07, 6.45) is 1.47. The molecule has 4 nitrogen and oxygen atoms in total. The van der Waals surface area contributed by atoms with Gasteiger partial charge in [-0.1, -0.05) is 17.7 Å². The molecule has 100 valence electrons. The Morgan fingerprint density at radius 2 is 2.22 bits per heavy atom. The van der Waals surface area contributed by atoms with Crippen molar-refractivity contribution in [3.05, 3.63) is 28.8 Å². The molecule has 0 aliphatic carbocycles. The van der Waals surface area contributed by atoms with Crippen LogP contribution in [0.2, 0.25) is 5.02 Å². The van der Waals surface area contributed by atoms with Gasteiger partial charge in [0, 0.05) is 12.6 Å². The van der Waals surface area contributed by atoms with E-state index in [4.69, 9.17) is 11.6 Å². The van der Waals surface area contributed by atoms with Crippen molar-refractivity contribution in [1.29, 1.82) is 0 Å². The maximum atomic E-state index is 12.5. The molecule has 6 heteroatoms. The van der Waals surface area contributed by atoms with Crippen LogP contribution in [0.15, 0.2) is 23.1 Å². The standard InChI is InChI=1S/C12H16ClNO3S/c1-9-4-5-12(11(13)7-9)18(16,17)14-6-2-3-10(14)8-15/h4-5,7,10,15H,2-3,6,8H2,1H3/t10-/m1/s1. The predicted octanol–water partition coefficient (Wildman–Crippen LogP) is 1.79. The number of aliphatic hydroxyl groups is 1. The molecule has 1 heterocycles. The summed E-state index contributed by atoms with van der Waals surface area (Å²) in [6, 6.07) is 4.56. The van der Waals surface area contributed by atoms with Gasteiger partial charge in [-0.05, 0) is 37.5 Å². The van der Waals surface area contributed by atoms with Gasteiger partial charge in [0.25, 0.3) is 0 Å². The quantitative estimate of drug-likeness (QED) is 0.923. The lowest BCUT2D eigenvalue weighted by atomic mass is 10.2. The second-order valence-corrected chi connectivity index (χ2v) is 6.79. The van der Waals surface area contributed by atoms with Crippen LogP contribution in [0.5, 0.6) is 0 Å². The van der Waals surface area contributed by atoms with Gasteiger partial charge in [0.1, 0.15) is 4.90 Å². The van der Waals surface area contributed by atoms with E-state index >= 15 is 0 Å². The Hall–Kier alpha value is -0.620. The van der Waals surface area contributed by atoms with Gasteiger partial charge in [-0.3, -0.25) is 0 Å². The third-order valence-electron chi connectivity index (χ3n) is 3.21. The summed E-state index contributed by atoms with van der Waals surface area (Å²) in [7, 11) is -3.61. The molecule has 18 heavy (non-hydrogen) atoms. The van der Waals surface area contributed by atoms with Crippen LogP contribution >= 0.6 is 11.6 Å². The number of hydrogen-bond acceptors (Lipinski definition) is 3. The molecule has 0 saturated carbocycles. The third-order valence-corrected chi connectivity index (χ3v) is 5.64. The minimum absolute atomic E-state index is 0.120. The summed E-state index contributed by atoms with van der Waals surface area (Å²) in [5.41, 5.74) is 0.916. The zero-order valence-electron chi connectivity index (χ0n) is 10.1. The van der Waals surface area contributed by atoms with Crippen LogP contribution < -0.4 is 0 Å². The minimum Gasteiger partial charge on any atom is -0.395 e. The van der Waals surface area contributed by atoms with Crippen LogP contribution in [0, 0.1) is 6.92 Å². The number of hydrogen-bond donors (Lipinski definition) is 1. The number of benzene rings is 1. The highest BCUT2D eigenvalue weighted by Crippen LogP contribution is 2.30. The first-order valence-electron chi connectivity index (χ1n) is 5.85. The highest BCUT2D eigenvalue weighted by Gasteiger charge is 2.35. The smallest absolute Gasteiger partial charge is 0.244 e. The van der Waals surface area contributed by atoms with Crippen molar-refractivity contribution in [3.63, 3.8) is 0 Å². The van der Waals surface area contributed by atoms with E-state index < -0.39 is 10.0 Å². The van der Waals surface area contributed by atoms with E-state index in [9.17, 15) is 13.5 Å². The van der Waals surface area contributed by atoms with Crippen LogP contribution in [0.1, 0.15) is 18.4 Å². The molecular formula is C12H16ClNO3S. The molecule has 1 fully saturated rings. The topological polar surface area (TPSA) is 57.6 Å². The molecule has 1 N–H and O–H groups in total. The van der Waals surface area contributed by atoms with Gasteiger partial charge in [0.2, 0.25) is 10.0 Å². The molecule has 2 rings (SSSR count). The second kappa shape index (κ2) is 5.17. The fourth-order valence-electron chi connectivity index (χ4n) is 2.25. The van der Waals surface area contributed by atoms with E-state index in [0.717, 1.165) is 12.0 Å². The molecule has 1 aromatic carbocycles. The Bertz CT molecular complexity index is 544. The molecule has 0 bridgehead atoms. The Kier molecular flexibility index (Phi) is 3.96. The van der Waals surface area contributed by atoms with E-state index in [0.29, 0.717) is 13.0 Å². The van der Waals surface area contributed by atoms with Crippen LogP contribution in [-0.4, -0.2) is 37.0 Å². The first-order chi connectivity index (χ1) is 8.46. The molecule has 0 spiro atoms. The predicted molar refractivity (Wildman–Crippen MR) is 70.2 cm³/mol. The second-order valence-electron chi connectivity index (χ2n) is 4.53. The summed E-state index contributed by atoms with van der Waals surface area (Å²) in [4.78, 5) is 0.120. The zero-order chi connectivity index (χ0) is 13.3. The van der Waals surface area contributed by atoms with E-state index in [-0.39, 0.29) is 22.6 Å². The fraction of sp³-hybridized carbons (Fsp3) is 0.500. The molecule has 0 unspecified atom stereocenters. The maximum absolute atomic E-state index is 12.5. The summed E-state index contributed by atoms with van der Waals surface area (Å²) >= 11 is 6.02. The maximum Gasteiger partial charge on any atom is 0.244 e. The molecule has 1 aromatic rings. The number of sulfonamides is 1. The highest BCUT2D eigenvalue weighted by molar-refractivity contribution is 7.89. The largest absolute Gasteiger partial charge is 0.395 e. The van der Waals surface area contributed by atoms with Crippen LogP contribution in [0.3, 0.4) is 0 Å². The molecule has 0 aromatic heterocycles. The number of aryl methyl sites for hydroxylation is 1. The lowest BCUT2D eigenvalue weighted by Gasteiger charge is -2.23. The number of nitrogens with zero attached hydrogens (tertiary/aromatic N) is 1. The van der Waals surface area contributed by atoms with Gasteiger partial charge in [-0.25, -0.2) is 8.42 Å². The number of aliphatic hydroxyl groups excluding tert-OH is 1. The third kappa shape index (κ3) is 2.40. The molecule has 1 aliphatic rings. The Morgan fingerprint density at radius 1 is 1.50 bits per heavy atom. The van der Waals surface area contributed by atoms with Crippen molar-refractivity contribution in [1.82, 2.24) is 4.31 Å². The Labute approximate surface area is 112 Å². The van der Waals surface area contributed by atoms with Crippen molar-refractivity contribution in [3.8, 4) is 0 Å². The lowest BCUT2D eigenvalue weighted by Crippen LogP contribution is -2.37. The van der Waals surface area contributed by atoms with Gasteiger partial charge in [-0.15, -0.1) is 0 Å². The highest BCUT2D eigenvalue weighted by atomic mass is 35.5. The van der Waals surface area contributed by atoms with E-state index in [2.05, 4.69) is 0 Å². The molecule has 1 aliphatic heterocycles. The molecular weight excluding hydrogens is 274 g/mol. The Morgan fingerprint density at radius 3 is 2.83 bits per heavy atom. The summed E-state index contributed by atoms with van der Waals surface area (Å²) < 4.78 is 26.3. The fourth-order valence-corrected chi connectivity index (χ4v) is 4.51. The van der Waals surface area contributed by atoms with Crippen molar-refractivity contribution in [2.75, 3.05) is 13.2 Å². The average Bonchev–Trinajstić information content (AvgIpc) is 2.76. The molecule has 0 radical (unpaired) electrons. The normalized spacial score (nSPS) is 21.4. The van der Waals surface area contributed by atoms with Crippen LogP contribution in [0.4, 0.5) is 0 Å². The summed E-state index contributed by atoms with van der Waals surface area (Å²) in [5.74, 6) is 0. The van der Waals surface area contributed by atoms with E-state index in [1.54, 1.807) is 12.1 Å². The SMILES string of the molecule is Cc1ccc(S(=O)(=O)N2CCC[C@@H]2CO)c(Cl)c1. The molecule has 0 amide bonds. The number of halogens is 1. The van der Waals surface area contributed by atoms with Gasteiger partial charge in [0.15, 0.2) is 0 Å². The minimum atomic E-state index is -3.61. The summed E-state index contributed by atoms with van der Waals surface area (Å²) in [6.45, 7) is 2.15. The van der Waals surface area contributed by atoms with Crippen LogP contribution in [0.25, 0.3) is 0 Å². The Balaban J connectivity index is 2.42. The van der Waals surface area contributed by atoms with Crippen molar-refractivity contribution >= 4 is 21.6 Å². The zero-order valence-corrected chi connectivity index (χ0v) is 11.7. The van der Waals surface area contributed by atoms with Crippen molar-refractivity contribution in [2.45, 2.75) is 30.7 Å². The van der Waals surface area contributed by atoms with Gasteiger partial charge >= 0.3 is 0 Å². The van der Waals surface area contributed by atoms with Crippen LogP contribution in [-0.2, 0) is 10.0 Å². The lowest BCUT2D eigenvalue weighted by molar-refractivity contribution is 0.213. The summed E-state index contributed by atoms with van der Waals surface area (Å²) in [5, 5.41) is 9.46. The first kappa shape index (κ1) is 13.8. The van der Waals surface area contributed by atoms with Crippen molar-refractivity contribution in [2.24, 2.45) is 0 Å². The van der Waals surface area contributed by atoms with Crippen molar-refractivity contribution < 1.29 is 13.5 Å². The van der Waals surface area contributed by atoms with Gasteiger partial charge in [-0.2, -0.15) is 4.31 Å². The number of rotatable bonds is 3. The molecule has 1 saturated heterocycles. The molecule has 1 atom stereocenters. The average molecular weight is 290 g/mol. The van der Waals surface area contributed by atoms with E-state index in [1.165, 1.54) is 10.4 Å². The van der Waals surface area contributed by atoms with Gasteiger partial charge in [0.05, 0.1) is 11.6 Å². The van der Waals surface area contributed by atoms with Gasteiger partial charge < -0.3 is 5.11 Å². The van der Waals surface area contributed by atoms with E-state index in [1.807, 2.05) is 6.92 Å². The first-order valence-corrected chi connectivity index (χ1v) is 7.67.